The molecule has 0 N–H and O–H groups in total. The summed E-state index contributed by atoms with van der Waals surface area (Å²) in [6.07, 6.45) is 4.70. The van der Waals surface area contributed by atoms with Crippen LogP contribution in [0, 0.1) is 0 Å². The largest absolute Gasteiger partial charge is 1.00 e. The van der Waals surface area contributed by atoms with E-state index in [-0.39, 0.29) is 22.6 Å². The Morgan fingerprint density at radius 1 is 1.05 bits per heavy atom. The first-order valence-electron chi connectivity index (χ1n) is 7.51. The molecule has 0 radical (unpaired) electrons. The van der Waals surface area contributed by atoms with Crippen molar-refractivity contribution in [2.75, 3.05) is 0 Å². The average Bonchev–Trinajstić information content (AvgIpc) is 2.38. The molecule has 0 unspecified atom stereocenters. The number of para-hydroxylation sites is 1. The van der Waals surface area contributed by atoms with E-state index in [4.69, 9.17) is 10.3 Å². The molecule has 2 nitrogen and oxygen atoms in total. The van der Waals surface area contributed by atoms with Gasteiger partial charge in [-0.15, -0.1) is 5.54 Å². The molecular formula is C18H25CuN2. The van der Waals surface area contributed by atoms with Crippen LogP contribution < -0.4 is 0 Å². The number of hydrogen-bond donors (Lipinski definition) is 0. The van der Waals surface area contributed by atoms with Gasteiger partial charge >= 0.3 is 17.1 Å². The third-order valence-electron chi connectivity index (χ3n) is 3.40. The standard InChI is InChI=1S/C18H25N2.Cu/c1-14(19-15-10-6-5-7-11-15)16-12-8-9-13-17(16)20-18(2,3)4;/h5-7,10-11H,8-9,12-13H2,1-4H3;/q-1;+1. The van der Waals surface area contributed by atoms with Crippen LogP contribution >= 0.6 is 0 Å². The quantitative estimate of drug-likeness (QED) is 0.495. The van der Waals surface area contributed by atoms with Crippen LogP contribution in [0.25, 0.3) is 5.32 Å². The van der Waals surface area contributed by atoms with E-state index < -0.39 is 0 Å². The van der Waals surface area contributed by atoms with Gasteiger partial charge in [-0.25, -0.2) is 0 Å². The summed E-state index contributed by atoms with van der Waals surface area (Å²) < 4.78 is 0. The fourth-order valence-corrected chi connectivity index (χ4v) is 2.57. The molecule has 0 saturated carbocycles. The third-order valence-corrected chi connectivity index (χ3v) is 3.40. The number of hydrogen-bond acceptors (Lipinski definition) is 1. The van der Waals surface area contributed by atoms with Crippen LogP contribution in [0.15, 0.2) is 46.6 Å². The third kappa shape index (κ3) is 5.68. The van der Waals surface area contributed by atoms with Crippen LogP contribution in [-0.2, 0) is 17.1 Å². The first-order valence-corrected chi connectivity index (χ1v) is 7.51. The fourth-order valence-electron chi connectivity index (χ4n) is 2.57. The minimum absolute atomic E-state index is 0. The molecule has 0 bridgehead atoms. The number of benzene rings is 1. The van der Waals surface area contributed by atoms with Crippen molar-refractivity contribution in [2.24, 2.45) is 4.99 Å². The molecule has 1 aromatic rings. The Balaban J connectivity index is 0.00000220. The van der Waals surface area contributed by atoms with Gasteiger partial charge in [-0.3, -0.25) is 4.99 Å². The zero-order chi connectivity index (χ0) is 14.6. The SMILES string of the molecule is CC(=Nc1ccccc1)C1=C([N-]C(C)(C)C)CCCC1.[Cu+]. The van der Waals surface area contributed by atoms with Gasteiger partial charge < -0.3 is 5.32 Å². The van der Waals surface area contributed by atoms with Gasteiger partial charge in [-0.2, -0.15) is 5.70 Å². The monoisotopic (exact) mass is 332 g/mol. The Morgan fingerprint density at radius 2 is 1.67 bits per heavy atom. The van der Waals surface area contributed by atoms with Crippen LogP contribution in [0.5, 0.6) is 0 Å². The topological polar surface area (TPSA) is 26.5 Å². The number of allylic oxidation sites excluding steroid dienone is 2. The van der Waals surface area contributed by atoms with Crippen molar-refractivity contribution < 1.29 is 17.1 Å². The summed E-state index contributed by atoms with van der Waals surface area (Å²) in [5.74, 6) is 0. The summed E-state index contributed by atoms with van der Waals surface area (Å²) >= 11 is 0. The van der Waals surface area contributed by atoms with Crippen LogP contribution in [0.4, 0.5) is 5.69 Å². The predicted octanol–water partition coefficient (Wildman–Crippen LogP) is 5.78. The van der Waals surface area contributed by atoms with Crippen LogP contribution in [0.3, 0.4) is 0 Å². The van der Waals surface area contributed by atoms with Gasteiger partial charge in [0.2, 0.25) is 0 Å². The van der Waals surface area contributed by atoms with Crippen molar-refractivity contribution in [1.82, 2.24) is 0 Å². The van der Waals surface area contributed by atoms with Crippen molar-refractivity contribution in [2.45, 2.75) is 58.9 Å². The molecule has 0 aromatic heterocycles. The first kappa shape index (κ1) is 18.0. The second-order valence-electron chi connectivity index (χ2n) is 6.45. The maximum Gasteiger partial charge on any atom is 1.00 e. The van der Waals surface area contributed by atoms with Gasteiger partial charge in [0.15, 0.2) is 0 Å². The summed E-state index contributed by atoms with van der Waals surface area (Å²) in [6, 6.07) is 10.2. The molecule has 118 valence electrons. The predicted molar refractivity (Wildman–Crippen MR) is 87.8 cm³/mol. The minimum atomic E-state index is -0.00898. The molecule has 0 fully saturated rings. The molecule has 3 heteroatoms. The van der Waals surface area contributed by atoms with Gasteiger partial charge in [0.05, 0.1) is 5.69 Å². The van der Waals surface area contributed by atoms with Crippen molar-refractivity contribution in [3.8, 4) is 0 Å². The number of rotatable bonds is 3. The summed E-state index contributed by atoms with van der Waals surface area (Å²) in [5.41, 5.74) is 4.76. The van der Waals surface area contributed by atoms with E-state index in [1.165, 1.54) is 24.1 Å². The second-order valence-corrected chi connectivity index (χ2v) is 6.45. The smallest absolute Gasteiger partial charge is 0.683 e. The summed E-state index contributed by atoms with van der Waals surface area (Å²) in [6.45, 7) is 8.60. The summed E-state index contributed by atoms with van der Waals surface area (Å²) in [4.78, 5) is 4.76. The molecule has 1 aromatic carbocycles. The van der Waals surface area contributed by atoms with Crippen LogP contribution in [-0.4, -0.2) is 11.3 Å². The van der Waals surface area contributed by atoms with Gasteiger partial charge in [-0.05, 0) is 43.9 Å². The van der Waals surface area contributed by atoms with Gasteiger partial charge in [0.1, 0.15) is 0 Å². The van der Waals surface area contributed by atoms with E-state index in [1.54, 1.807) is 0 Å². The number of aliphatic imine (C=N–C) groups is 1. The first-order chi connectivity index (χ1) is 9.46. The van der Waals surface area contributed by atoms with Crippen LogP contribution in [0.2, 0.25) is 0 Å². The summed E-state index contributed by atoms with van der Waals surface area (Å²) in [5, 5.41) is 4.91. The molecule has 1 aliphatic rings. The Kier molecular flexibility index (Phi) is 6.70. The van der Waals surface area contributed by atoms with Gasteiger partial charge in [-0.1, -0.05) is 45.4 Å². The number of nitrogens with zero attached hydrogens (tertiary/aromatic N) is 2. The van der Waals surface area contributed by atoms with Crippen molar-refractivity contribution in [3.05, 3.63) is 46.9 Å². The molecular weight excluding hydrogens is 308 g/mol. The van der Waals surface area contributed by atoms with E-state index >= 15 is 0 Å². The Hall–Kier alpha value is -1.05. The van der Waals surface area contributed by atoms with E-state index in [2.05, 4.69) is 27.7 Å². The minimum Gasteiger partial charge on any atom is -0.683 e. The summed E-state index contributed by atoms with van der Waals surface area (Å²) in [7, 11) is 0. The van der Waals surface area contributed by atoms with Gasteiger partial charge in [0.25, 0.3) is 0 Å². The molecule has 0 amide bonds. The van der Waals surface area contributed by atoms with E-state index in [1.807, 2.05) is 30.3 Å². The zero-order valence-electron chi connectivity index (χ0n) is 13.4. The second kappa shape index (κ2) is 7.82. The molecule has 2 rings (SSSR count). The molecule has 0 heterocycles. The van der Waals surface area contributed by atoms with Gasteiger partial charge in [0, 0.05) is 5.71 Å². The molecule has 0 atom stereocenters. The molecule has 0 aliphatic heterocycles. The normalized spacial score (nSPS) is 16.5. The average molecular weight is 333 g/mol. The molecule has 21 heavy (non-hydrogen) atoms. The van der Waals surface area contributed by atoms with E-state index in [0.29, 0.717) is 0 Å². The van der Waals surface area contributed by atoms with Crippen molar-refractivity contribution >= 4 is 11.4 Å². The Labute approximate surface area is 139 Å². The Morgan fingerprint density at radius 3 is 2.29 bits per heavy atom. The van der Waals surface area contributed by atoms with Crippen molar-refractivity contribution in [3.63, 3.8) is 0 Å². The maximum atomic E-state index is 4.91. The molecule has 1 aliphatic carbocycles. The van der Waals surface area contributed by atoms with E-state index in [9.17, 15) is 0 Å². The maximum absolute atomic E-state index is 4.91. The van der Waals surface area contributed by atoms with Crippen LogP contribution in [0.1, 0.15) is 53.4 Å². The van der Waals surface area contributed by atoms with E-state index in [0.717, 1.165) is 24.2 Å². The zero-order valence-corrected chi connectivity index (χ0v) is 14.4. The molecule has 0 saturated heterocycles. The van der Waals surface area contributed by atoms with Crippen molar-refractivity contribution in [1.29, 1.82) is 0 Å². The Bertz CT molecular complexity index is 510. The molecule has 0 spiro atoms. The fraction of sp³-hybridized carbons (Fsp3) is 0.500.